The number of ether oxygens (including phenoxy) is 1. The van der Waals surface area contributed by atoms with Crippen LogP contribution in [0, 0.1) is 13.8 Å². The van der Waals surface area contributed by atoms with E-state index in [-0.39, 0.29) is 12.0 Å². The Morgan fingerprint density at radius 3 is 2.80 bits per heavy atom. The lowest BCUT2D eigenvalue weighted by Gasteiger charge is -2.08. The maximum absolute atomic E-state index is 12.0. The van der Waals surface area contributed by atoms with Gasteiger partial charge in [0.05, 0.1) is 15.9 Å². The third kappa shape index (κ3) is 1.86. The second kappa shape index (κ2) is 4.06. The zero-order chi connectivity index (χ0) is 11.0. The van der Waals surface area contributed by atoms with Crippen LogP contribution in [0.4, 0.5) is 0 Å². The van der Waals surface area contributed by atoms with Gasteiger partial charge >= 0.3 is 0 Å². The van der Waals surface area contributed by atoms with E-state index in [1.807, 2.05) is 13.8 Å². The number of halogens is 1. The molecule has 0 aliphatic carbocycles. The van der Waals surface area contributed by atoms with Gasteiger partial charge in [0.25, 0.3) is 5.91 Å². The Balaban J connectivity index is 2.28. The summed E-state index contributed by atoms with van der Waals surface area (Å²) < 4.78 is 7.68. The molecule has 15 heavy (non-hydrogen) atoms. The summed E-state index contributed by atoms with van der Waals surface area (Å²) in [5.74, 6) is -0.0567. The van der Waals surface area contributed by atoms with Crippen molar-refractivity contribution in [1.82, 2.24) is 9.78 Å². The molecule has 0 N–H and O–H groups in total. The van der Waals surface area contributed by atoms with Gasteiger partial charge in [-0.1, -0.05) is 0 Å². The second-order valence-corrected chi connectivity index (χ2v) is 4.53. The van der Waals surface area contributed by atoms with Crippen molar-refractivity contribution in [3.63, 3.8) is 0 Å². The molecule has 2 heterocycles. The van der Waals surface area contributed by atoms with Gasteiger partial charge in [-0.15, -0.1) is 0 Å². The summed E-state index contributed by atoms with van der Waals surface area (Å²) >= 11 is 3.40. The van der Waals surface area contributed by atoms with Gasteiger partial charge in [-0.2, -0.15) is 5.10 Å². The molecule has 1 atom stereocenters. The first-order valence-corrected chi connectivity index (χ1v) is 5.78. The summed E-state index contributed by atoms with van der Waals surface area (Å²) in [6.45, 7) is 4.42. The molecule has 0 saturated carbocycles. The normalized spacial score (nSPS) is 20.9. The molecular weight excluding hydrogens is 260 g/mol. The first kappa shape index (κ1) is 10.8. The zero-order valence-electron chi connectivity index (χ0n) is 8.79. The summed E-state index contributed by atoms with van der Waals surface area (Å²) in [5.41, 5.74) is 1.67. The van der Waals surface area contributed by atoms with Gasteiger partial charge in [-0.25, -0.2) is 4.68 Å². The highest BCUT2D eigenvalue weighted by Gasteiger charge is 2.27. The topological polar surface area (TPSA) is 44.1 Å². The highest BCUT2D eigenvalue weighted by Crippen LogP contribution is 2.22. The molecule has 4 nitrogen and oxygen atoms in total. The molecule has 1 fully saturated rings. The number of aromatic nitrogens is 2. The molecule has 1 aliphatic heterocycles. The van der Waals surface area contributed by atoms with Crippen molar-refractivity contribution in [1.29, 1.82) is 0 Å². The van der Waals surface area contributed by atoms with E-state index in [0.717, 1.165) is 28.7 Å². The van der Waals surface area contributed by atoms with Crippen LogP contribution in [0.1, 0.15) is 29.0 Å². The lowest BCUT2D eigenvalue weighted by Crippen LogP contribution is -2.27. The van der Waals surface area contributed by atoms with Crippen molar-refractivity contribution in [3.05, 3.63) is 15.9 Å². The van der Waals surface area contributed by atoms with Gasteiger partial charge in [-0.05, 0) is 42.6 Å². The Labute approximate surface area is 96.7 Å². The average molecular weight is 273 g/mol. The van der Waals surface area contributed by atoms with Crippen molar-refractivity contribution < 1.29 is 9.53 Å². The Morgan fingerprint density at radius 2 is 2.33 bits per heavy atom. The first-order valence-electron chi connectivity index (χ1n) is 4.99. The number of nitrogens with zero attached hydrogens (tertiary/aromatic N) is 2. The number of hydrogen-bond acceptors (Lipinski definition) is 3. The molecule has 82 valence electrons. The maximum Gasteiger partial charge on any atom is 0.276 e. The fraction of sp³-hybridized carbons (Fsp3) is 0.600. The highest BCUT2D eigenvalue weighted by molar-refractivity contribution is 9.10. The fourth-order valence-corrected chi connectivity index (χ4v) is 1.99. The zero-order valence-corrected chi connectivity index (χ0v) is 10.4. The average Bonchev–Trinajstić information content (AvgIpc) is 2.82. The molecule has 5 heteroatoms. The second-order valence-electron chi connectivity index (χ2n) is 3.74. The third-order valence-corrected chi connectivity index (χ3v) is 3.76. The van der Waals surface area contributed by atoms with Crippen molar-refractivity contribution in [2.75, 3.05) is 6.61 Å². The van der Waals surface area contributed by atoms with Crippen molar-refractivity contribution in [3.8, 4) is 0 Å². The van der Waals surface area contributed by atoms with E-state index in [1.54, 1.807) is 0 Å². The number of rotatable bonds is 1. The van der Waals surface area contributed by atoms with Crippen LogP contribution in [0.25, 0.3) is 0 Å². The maximum atomic E-state index is 12.0. The standard InChI is InChI=1S/C10H13BrN2O2/c1-6-9(11)7(2)13(12-6)10(14)8-4-3-5-15-8/h8H,3-5H2,1-2H3/t8-/m0/s1. The fourth-order valence-electron chi connectivity index (χ4n) is 1.75. The summed E-state index contributed by atoms with van der Waals surface area (Å²) in [6, 6.07) is 0. The lowest BCUT2D eigenvalue weighted by molar-refractivity contribution is 0.0535. The SMILES string of the molecule is Cc1nn(C(=O)[C@@H]2CCCO2)c(C)c1Br. The minimum atomic E-state index is -0.310. The van der Waals surface area contributed by atoms with E-state index in [2.05, 4.69) is 21.0 Å². The van der Waals surface area contributed by atoms with Gasteiger partial charge in [0.15, 0.2) is 0 Å². The number of carbonyl (C=O) groups is 1. The monoisotopic (exact) mass is 272 g/mol. The summed E-state index contributed by atoms with van der Waals surface area (Å²) in [4.78, 5) is 12.0. The largest absolute Gasteiger partial charge is 0.368 e. The minimum absolute atomic E-state index is 0.0567. The van der Waals surface area contributed by atoms with E-state index in [1.165, 1.54) is 4.68 Å². The first-order chi connectivity index (χ1) is 7.11. The van der Waals surface area contributed by atoms with Crippen molar-refractivity contribution >= 4 is 21.8 Å². The summed E-state index contributed by atoms with van der Waals surface area (Å²) in [7, 11) is 0. The molecule has 0 radical (unpaired) electrons. The molecular formula is C10H13BrN2O2. The molecule has 2 rings (SSSR count). The molecule has 1 aromatic rings. The highest BCUT2D eigenvalue weighted by atomic mass is 79.9. The van der Waals surface area contributed by atoms with Gasteiger partial charge in [0.1, 0.15) is 6.10 Å². The Kier molecular flexibility index (Phi) is 2.93. The van der Waals surface area contributed by atoms with Crippen LogP contribution in [-0.4, -0.2) is 28.4 Å². The van der Waals surface area contributed by atoms with Crippen LogP contribution < -0.4 is 0 Å². The van der Waals surface area contributed by atoms with Crippen LogP contribution in [0.5, 0.6) is 0 Å². The van der Waals surface area contributed by atoms with E-state index in [9.17, 15) is 4.79 Å². The summed E-state index contributed by atoms with van der Waals surface area (Å²) in [6.07, 6.45) is 1.45. The molecule has 1 saturated heterocycles. The van der Waals surface area contributed by atoms with Crippen molar-refractivity contribution in [2.24, 2.45) is 0 Å². The smallest absolute Gasteiger partial charge is 0.276 e. The van der Waals surface area contributed by atoms with Gasteiger partial charge in [0, 0.05) is 6.61 Å². The van der Waals surface area contributed by atoms with Gasteiger partial charge in [-0.3, -0.25) is 4.79 Å². The molecule has 0 amide bonds. The third-order valence-electron chi connectivity index (χ3n) is 2.62. The van der Waals surface area contributed by atoms with Crippen LogP contribution >= 0.6 is 15.9 Å². The lowest BCUT2D eigenvalue weighted by atomic mass is 10.2. The molecule has 0 unspecified atom stereocenters. The predicted molar refractivity (Wildman–Crippen MR) is 59.0 cm³/mol. The van der Waals surface area contributed by atoms with E-state index in [4.69, 9.17) is 4.74 Å². The number of carbonyl (C=O) groups excluding carboxylic acids is 1. The van der Waals surface area contributed by atoms with E-state index in [0.29, 0.717) is 6.61 Å². The Hall–Kier alpha value is -0.680. The predicted octanol–water partition coefficient (Wildman–Crippen LogP) is 2.08. The van der Waals surface area contributed by atoms with Crippen molar-refractivity contribution in [2.45, 2.75) is 32.8 Å². The molecule has 0 aromatic carbocycles. The van der Waals surface area contributed by atoms with E-state index >= 15 is 0 Å². The minimum Gasteiger partial charge on any atom is -0.368 e. The van der Waals surface area contributed by atoms with E-state index < -0.39 is 0 Å². The Bertz CT molecular complexity index is 394. The Morgan fingerprint density at radius 1 is 1.60 bits per heavy atom. The van der Waals surface area contributed by atoms with Crippen LogP contribution in [-0.2, 0) is 4.74 Å². The van der Waals surface area contributed by atoms with Gasteiger partial charge in [0.2, 0.25) is 0 Å². The van der Waals surface area contributed by atoms with Gasteiger partial charge < -0.3 is 4.74 Å². The van der Waals surface area contributed by atoms with Crippen LogP contribution in [0.15, 0.2) is 4.47 Å². The number of aryl methyl sites for hydroxylation is 1. The van der Waals surface area contributed by atoms with Crippen LogP contribution in [0.2, 0.25) is 0 Å². The molecule has 1 aromatic heterocycles. The molecule has 1 aliphatic rings. The quantitative estimate of drug-likeness (QED) is 0.786. The summed E-state index contributed by atoms with van der Waals surface area (Å²) in [5, 5.41) is 4.19. The molecule has 0 bridgehead atoms. The molecule has 0 spiro atoms. The van der Waals surface area contributed by atoms with Crippen LogP contribution in [0.3, 0.4) is 0 Å². The number of hydrogen-bond donors (Lipinski definition) is 0.